The lowest BCUT2D eigenvalue weighted by Crippen LogP contribution is -3.00. The summed E-state index contributed by atoms with van der Waals surface area (Å²) in [5.41, 5.74) is 7.64. The maximum absolute atomic E-state index is 11.8. The summed E-state index contributed by atoms with van der Waals surface area (Å²) in [5, 5.41) is 125. The number of aliphatic hydroxyl groups is 12. The normalized spacial score (nSPS) is 40.2. The fraction of sp³-hybridized carbons (Fsp3) is 0.917. The van der Waals surface area contributed by atoms with Gasteiger partial charge < -0.3 is 147 Å². The molecule has 22 N–H and O–H groups in total. The second-order valence-electron chi connectivity index (χ2n) is 25.0. The zero-order valence-corrected chi connectivity index (χ0v) is 60.0. The molecule has 0 bridgehead atoms. The maximum Gasteiger partial charge on any atom is 0.221 e. The zero-order chi connectivity index (χ0) is 70.1. The lowest BCUT2D eigenvalue weighted by atomic mass is 9.87. The minimum absolute atomic E-state index is 0. The van der Waals surface area contributed by atoms with Crippen molar-refractivity contribution in [2.75, 3.05) is 51.1 Å². The summed E-state index contributed by atoms with van der Waals surface area (Å²) < 4.78 is 33.1. The molecule has 0 spiro atoms. The van der Waals surface area contributed by atoms with Gasteiger partial charge >= 0.3 is 0 Å². The highest BCUT2D eigenvalue weighted by atomic mass is 35.5. The predicted molar refractivity (Wildman–Crippen MR) is 338 cm³/mol. The van der Waals surface area contributed by atoms with E-state index in [9.17, 15) is 59.7 Å². The lowest BCUT2D eigenvalue weighted by molar-refractivity contribution is -0.473. The van der Waals surface area contributed by atoms with Crippen molar-refractivity contribution in [3.63, 3.8) is 0 Å². The second-order valence-corrected chi connectivity index (χ2v) is 26.7. The summed E-state index contributed by atoms with van der Waals surface area (Å²) in [5.74, 6) is -0.762. The van der Waals surface area contributed by atoms with E-state index in [0.29, 0.717) is 17.9 Å². The molecule has 30 atom stereocenters. The van der Waals surface area contributed by atoms with E-state index in [-0.39, 0.29) is 214 Å². The van der Waals surface area contributed by atoms with Gasteiger partial charge in [-0.1, -0.05) is 53.3 Å². The predicted octanol–water partition coefficient (Wildman–Crippen LogP) is -11.2. The third-order valence-electron chi connectivity index (χ3n) is 18.1. The highest BCUT2D eigenvalue weighted by molar-refractivity contribution is 8.13. The van der Waals surface area contributed by atoms with Gasteiger partial charge in [0.25, 0.3) is 0 Å². The van der Waals surface area contributed by atoms with Gasteiger partial charge in [0.2, 0.25) is 23.6 Å². The minimum atomic E-state index is -0.764. The Labute approximate surface area is 571 Å². The van der Waals surface area contributed by atoms with Crippen LogP contribution in [0.15, 0.2) is 0 Å². The van der Waals surface area contributed by atoms with Crippen LogP contribution in [0.1, 0.15) is 117 Å². The van der Waals surface area contributed by atoms with Gasteiger partial charge in [0.1, 0.15) is 36.5 Å². The zero-order valence-electron chi connectivity index (χ0n) is 56.8. The first-order valence-electron chi connectivity index (χ1n) is 31.7. The van der Waals surface area contributed by atoms with Crippen LogP contribution >= 0.6 is 24.4 Å². The molecule has 33 heteroatoms. The van der Waals surface area contributed by atoms with E-state index in [1.165, 1.54) is 20.8 Å². The fourth-order valence-corrected chi connectivity index (χ4v) is 12.2. The molecule has 6 heterocycles. The van der Waals surface area contributed by atoms with Gasteiger partial charge in [0, 0.05) is 74.9 Å². The molecule has 29 nitrogen and oxygen atoms in total. The van der Waals surface area contributed by atoms with Crippen LogP contribution in [0.5, 0.6) is 0 Å². The average molecular weight is 1430 g/mol. The van der Waals surface area contributed by atoms with Crippen molar-refractivity contribution in [3.05, 3.63) is 0 Å². The monoisotopic (exact) mass is 1420 g/mol. The number of rotatable bonds is 15. The van der Waals surface area contributed by atoms with Gasteiger partial charge in [0.15, 0.2) is 5.12 Å². The molecular weight excluding hydrogens is 1310 g/mol. The van der Waals surface area contributed by atoms with E-state index in [4.69, 9.17) is 54.0 Å². The number of halogens is 2. The molecule has 0 radical (unpaired) electrons. The van der Waals surface area contributed by atoms with E-state index in [1.54, 1.807) is 55.4 Å². The number of ether oxygens (including phenoxy) is 6. The molecule has 4 amide bonds. The van der Waals surface area contributed by atoms with Gasteiger partial charge in [-0.3, -0.25) is 24.0 Å². The maximum atomic E-state index is 11.8. The molecule has 0 saturated carbocycles. The third-order valence-corrected chi connectivity index (χ3v) is 19.2. The first kappa shape index (κ1) is 93.1. The summed E-state index contributed by atoms with van der Waals surface area (Å²) in [7, 11) is 0. The Kier molecular flexibility index (Phi) is 46.4. The van der Waals surface area contributed by atoms with Crippen LogP contribution in [0.4, 0.5) is 0 Å². The Balaban J connectivity index is 0. The summed E-state index contributed by atoms with van der Waals surface area (Å²) in [4.78, 5) is 55.9. The van der Waals surface area contributed by atoms with Crippen molar-refractivity contribution in [2.45, 2.75) is 263 Å². The number of hydrogen-bond donors (Lipinski definition) is 19. The topological polar surface area (TPSA) is 487 Å². The molecule has 0 aromatic carbocycles. The summed E-state index contributed by atoms with van der Waals surface area (Å²) >= 11 is 5.08. The van der Waals surface area contributed by atoms with Crippen LogP contribution in [0, 0.1) is 35.5 Å². The Hall–Kier alpha value is -1.97. The van der Waals surface area contributed by atoms with Crippen molar-refractivity contribution in [1.82, 2.24) is 21.3 Å². The smallest absolute Gasteiger partial charge is 0.221 e. The number of carbonyl (C=O) groups is 5. The number of aliphatic hydroxyl groups excluding tert-OH is 12. The van der Waals surface area contributed by atoms with E-state index < -0.39 is 66.9 Å². The molecule has 6 aliphatic heterocycles. The molecule has 6 aliphatic rings. The quantitative estimate of drug-likeness (QED) is 0.0677. The molecule has 6 fully saturated rings. The highest BCUT2D eigenvalue weighted by Gasteiger charge is 2.46. The largest absolute Gasteiger partial charge is 1.00 e. The first-order chi connectivity index (χ1) is 42.5. The number of thiol groups is 1. The van der Waals surface area contributed by atoms with Crippen LogP contribution in [-0.2, 0) is 52.4 Å². The van der Waals surface area contributed by atoms with Crippen molar-refractivity contribution in [2.24, 2.45) is 35.5 Å². The van der Waals surface area contributed by atoms with Gasteiger partial charge in [-0.25, -0.2) is 0 Å². The molecule has 0 unspecified atom stereocenters. The molecule has 0 aromatic rings. The van der Waals surface area contributed by atoms with Crippen molar-refractivity contribution in [3.8, 4) is 0 Å². The second kappa shape index (κ2) is 46.4. The molecule has 552 valence electrons. The summed E-state index contributed by atoms with van der Waals surface area (Å²) in [6.45, 7) is 25.4. The number of amides is 4. The van der Waals surface area contributed by atoms with E-state index in [2.05, 4.69) is 45.4 Å². The minimum Gasteiger partial charge on any atom is -1.00 e. The van der Waals surface area contributed by atoms with E-state index in [1.807, 2.05) is 27.7 Å². The van der Waals surface area contributed by atoms with Crippen LogP contribution in [0.25, 0.3) is 0 Å². The Morgan fingerprint density at radius 1 is 0.376 bits per heavy atom. The number of hydrogen-bond acceptors (Lipinski definition) is 25. The van der Waals surface area contributed by atoms with E-state index >= 15 is 0 Å². The molecular formula is C60H118Cl2N6O23S2. The number of thioether (sulfide) groups is 1. The Morgan fingerprint density at radius 3 is 0.806 bits per heavy atom. The third kappa shape index (κ3) is 29.0. The standard InChI is InChI=1S/C13H23NO5S.C11H21NO4S.2C10H19NO4.2C8H17NO3.2ClH/c1-7-10(6-15)19-8(2)12(13(7)18)14-11(17)4-5-20-9(3)16;1-6-8(5-13)16-7(2)10(11(6)15)12-9(14)3-4-17;2*1-5-8(4-12)15-6(2)9(10(5)14)11-7(3)13;2*1-4-6(3-10)12-5(2)7(9)8(4)11;;/h7-8,10,12-13,15,18H,4-6H2,1-3H3,(H,14,17);6-8,10-11,13,15,17H,3-5H2,1-2H3,(H,12,14);2*5-6,8-10,12,14H,4H2,1-3H3,(H,11,13);2*4-8,10-11H,3,9H2,1-2H3;2*1H/t7-,8+,10-,12+,13+;6-,7+,8-,10+,11+;2*5-,6+,8-,9+,10+;2*4-,5+,6-,7+,8+;;/m111111../s1. The average Bonchev–Trinajstić information content (AvgIpc) is 0.901. The number of carbonyl (C=O) groups excluding carboxylic acids is 5. The lowest BCUT2D eigenvalue weighted by Gasteiger charge is -2.42. The molecule has 0 aliphatic carbocycles. The van der Waals surface area contributed by atoms with Crippen LogP contribution < -0.4 is 57.5 Å². The Bertz CT molecular complexity index is 2030. The summed E-state index contributed by atoms with van der Waals surface area (Å²) in [6, 6.07) is -1.92. The van der Waals surface area contributed by atoms with Gasteiger partial charge in [-0.2, -0.15) is 12.6 Å². The Morgan fingerprint density at radius 2 is 0.591 bits per heavy atom. The molecule has 6 saturated heterocycles. The fourth-order valence-electron chi connectivity index (χ4n) is 11.5. The summed E-state index contributed by atoms with van der Waals surface area (Å²) in [6.07, 6.45) is -6.67. The van der Waals surface area contributed by atoms with Crippen molar-refractivity contribution >= 4 is 53.1 Å². The SMILES string of the molecule is CC(=O)N[C@@H]1[C@@H](O)[C@H](C)[C@@H](CO)O[C@H]1C.CC(=O)N[C@@H]1[C@@H](O)[C@H](C)[C@@H](CO)O[C@H]1C.CC(=O)SCCC(=O)N[C@@H]1[C@@H](O)[C@H](C)[C@@H](CO)O[C@H]1C.C[C@H]1[C@H](O)[C@@H](NC(=O)CCS)[C@H](C)O[C@@H]1CO.C[C@H]1[C@H](O)[C@@H]([NH3+])[C@H](C)O[C@@H]1CO.C[C@H]1[C@H](O)[C@@H]([NH3+])[C@H](C)O[C@@H]1CO.[Cl-].[Cl-]. The molecule has 93 heavy (non-hydrogen) atoms. The van der Waals surface area contributed by atoms with Gasteiger partial charge in [-0.15, -0.1) is 0 Å². The van der Waals surface area contributed by atoms with E-state index in [0.717, 1.165) is 11.8 Å². The van der Waals surface area contributed by atoms with Gasteiger partial charge in [0.05, 0.1) is 149 Å². The van der Waals surface area contributed by atoms with Crippen molar-refractivity contribution < 1.29 is 150 Å². The van der Waals surface area contributed by atoms with Crippen LogP contribution in [0.3, 0.4) is 0 Å². The first-order valence-corrected chi connectivity index (χ1v) is 33.3. The van der Waals surface area contributed by atoms with Crippen LogP contribution in [0.2, 0.25) is 0 Å². The van der Waals surface area contributed by atoms with Crippen LogP contribution in [-0.4, -0.2) is 287 Å². The molecule has 0 aromatic heterocycles. The highest BCUT2D eigenvalue weighted by Crippen LogP contribution is 2.30. The number of quaternary nitrogens is 2. The number of nitrogens with one attached hydrogen (secondary N) is 4. The van der Waals surface area contributed by atoms with Crippen molar-refractivity contribution in [1.29, 1.82) is 0 Å². The molecule has 6 rings (SSSR count). The van der Waals surface area contributed by atoms with Gasteiger partial charge in [-0.05, 0) is 47.3 Å².